The van der Waals surface area contributed by atoms with E-state index in [0.717, 1.165) is 21.8 Å². The normalized spacial score (nSPS) is 10.8. The molecule has 1 amide bonds. The predicted octanol–water partition coefficient (Wildman–Crippen LogP) is 4.67. The molecule has 0 aliphatic rings. The molecule has 0 bridgehead atoms. The number of aryl methyl sites for hydroxylation is 1. The number of rotatable bonds is 2. The minimum atomic E-state index is -0.226. The molecule has 0 radical (unpaired) electrons. The summed E-state index contributed by atoms with van der Waals surface area (Å²) in [7, 11) is 0. The lowest BCUT2D eigenvalue weighted by atomic mass is 10.1. The Kier molecular flexibility index (Phi) is 3.93. The summed E-state index contributed by atoms with van der Waals surface area (Å²) in [5, 5.41) is 3.28. The van der Waals surface area contributed by atoms with Crippen LogP contribution in [0.4, 0.5) is 5.69 Å². The maximum absolute atomic E-state index is 12.5. The van der Waals surface area contributed by atoms with Crippen molar-refractivity contribution in [2.75, 3.05) is 5.32 Å². The molecule has 0 saturated carbocycles. The molecule has 0 fully saturated rings. The van der Waals surface area contributed by atoms with Gasteiger partial charge in [-0.2, -0.15) is 8.75 Å². The SMILES string of the molecule is Cc1ccc(Br)cc1C(=O)Nc1c(Cl)ccc2nsnc12. The molecule has 7 heteroatoms. The van der Waals surface area contributed by atoms with Crippen LogP contribution in [0.15, 0.2) is 34.8 Å². The molecule has 0 spiro atoms. The second-order valence-electron chi connectivity index (χ2n) is 4.47. The number of amides is 1. The van der Waals surface area contributed by atoms with E-state index in [0.29, 0.717) is 27.3 Å². The highest BCUT2D eigenvalue weighted by molar-refractivity contribution is 9.10. The number of nitrogens with zero attached hydrogens (tertiary/aromatic N) is 2. The summed E-state index contributed by atoms with van der Waals surface area (Å²) in [5.74, 6) is -0.226. The van der Waals surface area contributed by atoms with Gasteiger partial charge in [-0.3, -0.25) is 4.79 Å². The highest BCUT2D eigenvalue weighted by atomic mass is 79.9. The number of hydrogen-bond donors (Lipinski definition) is 1. The molecule has 1 aromatic heterocycles. The standard InChI is InChI=1S/C14H9BrClN3OS/c1-7-2-3-8(15)6-9(7)14(20)17-12-10(16)4-5-11-13(12)19-21-18-11/h2-6H,1H3,(H,17,20). The first-order valence-corrected chi connectivity index (χ1v) is 7.94. The van der Waals surface area contributed by atoms with E-state index in [1.54, 1.807) is 18.2 Å². The second-order valence-corrected chi connectivity index (χ2v) is 6.32. The Hall–Kier alpha value is -1.50. The van der Waals surface area contributed by atoms with Crippen molar-refractivity contribution in [3.63, 3.8) is 0 Å². The van der Waals surface area contributed by atoms with Crippen molar-refractivity contribution in [2.45, 2.75) is 6.92 Å². The molecule has 21 heavy (non-hydrogen) atoms. The van der Waals surface area contributed by atoms with Crippen molar-refractivity contribution in [3.8, 4) is 0 Å². The number of benzene rings is 2. The number of nitrogens with one attached hydrogen (secondary N) is 1. The van der Waals surface area contributed by atoms with Crippen molar-refractivity contribution >= 4 is 61.9 Å². The smallest absolute Gasteiger partial charge is 0.256 e. The molecule has 3 rings (SSSR count). The summed E-state index contributed by atoms with van der Waals surface area (Å²) >= 11 is 10.6. The summed E-state index contributed by atoms with van der Waals surface area (Å²) in [6.07, 6.45) is 0. The highest BCUT2D eigenvalue weighted by Gasteiger charge is 2.15. The van der Waals surface area contributed by atoms with Gasteiger partial charge in [0.1, 0.15) is 11.0 Å². The van der Waals surface area contributed by atoms with Crippen LogP contribution in [-0.2, 0) is 0 Å². The number of carbonyl (C=O) groups is 1. The maximum atomic E-state index is 12.5. The molecule has 4 nitrogen and oxygen atoms in total. The molecule has 0 aliphatic heterocycles. The fourth-order valence-electron chi connectivity index (χ4n) is 1.97. The van der Waals surface area contributed by atoms with Crippen LogP contribution in [0, 0.1) is 6.92 Å². The summed E-state index contributed by atoms with van der Waals surface area (Å²) < 4.78 is 9.18. The van der Waals surface area contributed by atoms with Crippen molar-refractivity contribution in [1.29, 1.82) is 0 Å². The van der Waals surface area contributed by atoms with Gasteiger partial charge in [-0.25, -0.2) is 0 Å². The molecule has 0 saturated heterocycles. The van der Waals surface area contributed by atoms with Crippen LogP contribution in [0.2, 0.25) is 5.02 Å². The first-order valence-electron chi connectivity index (χ1n) is 6.04. The summed E-state index contributed by atoms with van der Waals surface area (Å²) in [4.78, 5) is 12.5. The molecular weight excluding hydrogens is 374 g/mol. The third-order valence-electron chi connectivity index (χ3n) is 3.06. The van der Waals surface area contributed by atoms with E-state index >= 15 is 0 Å². The topological polar surface area (TPSA) is 54.9 Å². The zero-order valence-electron chi connectivity index (χ0n) is 10.9. The summed E-state index contributed by atoms with van der Waals surface area (Å²) in [6, 6.07) is 9.03. The third-order valence-corrected chi connectivity index (χ3v) is 4.41. The van der Waals surface area contributed by atoms with Gasteiger partial charge in [-0.1, -0.05) is 33.6 Å². The van der Waals surface area contributed by atoms with Gasteiger partial charge in [0, 0.05) is 10.0 Å². The Morgan fingerprint density at radius 2 is 2.10 bits per heavy atom. The minimum absolute atomic E-state index is 0.226. The quantitative estimate of drug-likeness (QED) is 0.701. The van der Waals surface area contributed by atoms with E-state index in [9.17, 15) is 4.79 Å². The predicted molar refractivity (Wildman–Crippen MR) is 89.3 cm³/mol. The van der Waals surface area contributed by atoms with Gasteiger partial charge in [0.05, 0.1) is 22.4 Å². The van der Waals surface area contributed by atoms with Crippen LogP contribution in [-0.4, -0.2) is 14.7 Å². The molecule has 1 N–H and O–H groups in total. The van der Waals surface area contributed by atoms with Gasteiger partial charge in [0.2, 0.25) is 0 Å². The lowest BCUT2D eigenvalue weighted by Crippen LogP contribution is -2.14. The first-order chi connectivity index (χ1) is 10.1. The van der Waals surface area contributed by atoms with Crippen LogP contribution in [0.25, 0.3) is 11.0 Å². The van der Waals surface area contributed by atoms with Gasteiger partial charge in [0.25, 0.3) is 5.91 Å². The van der Waals surface area contributed by atoms with E-state index in [-0.39, 0.29) is 5.91 Å². The number of fused-ring (bicyclic) bond motifs is 1. The molecule has 106 valence electrons. The minimum Gasteiger partial charge on any atom is -0.319 e. The number of aromatic nitrogens is 2. The van der Waals surface area contributed by atoms with E-state index < -0.39 is 0 Å². The van der Waals surface area contributed by atoms with Crippen molar-refractivity contribution in [3.05, 3.63) is 51.0 Å². The fraction of sp³-hybridized carbons (Fsp3) is 0.0714. The molecule has 1 heterocycles. The van der Waals surface area contributed by atoms with Gasteiger partial charge in [0.15, 0.2) is 0 Å². The lowest BCUT2D eigenvalue weighted by Gasteiger charge is -2.10. The van der Waals surface area contributed by atoms with Crippen LogP contribution >= 0.6 is 39.3 Å². The van der Waals surface area contributed by atoms with E-state index in [2.05, 4.69) is 30.0 Å². The zero-order valence-corrected chi connectivity index (χ0v) is 14.0. The van der Waals surface area contributed by atoms with Gasteiger partial charge >= 0.3 is 0 Å². The Bertz CT molecular complexity index is 849. The second kappa shape index (κ2) is 5.71. The van der Waals surface area contributed by atoms with E-state index in [4.69, 9.17) is 11.6 Å². The lowest BCUT2D eigenvalue weighted by molar-refractivity contribution is 0.102. The first kappa shape index (κ1) is 14.4. The number of anilines is 1. The van der Waals surface area contributed by atoms with Crippen molar-refractivity contribution in [1.82, 2.24) is 8.75 Å². The van der Waals surface area contributed by atoms with Crippen LogP contribution in [0.1, 0.15) is 15.9 Å². The average Bonchev–Trinajstić information content (AvgIpc) is 2.93. The molecule has 2 aromatic carbocycles. The molecule has 0 atom stereocenters. The number of carbonyl (C=O) groups excluding carboxylic acids is 1. The molecule has 0 unspecified atom stereocenters. The van der Waals surface area contributed by atoms with Crippen LogP contribution in [0.5, 0.6) is 0 Å². The van der Waals surface area contributed by atoms with E-state index in [1.165, 1.54) is 0 Å². The Morgan fingerprint density at radius 1 is 1.29 bits per heavy atom. The molecule has 0 aliphatic carbocycles. The molecule has 3 aromatic rings. The van der Waals surface area contributed by atoms with Crippen LogP contribution in [0.3, 0.4) is 0 Å². The summed E-state index contributed by atoms with van der Waals surface area (Å²) in [5.41, 5.74) is 3.28. The highest BCUT2D eigenvalue weighted by Crippen LogP contribution is 2.30. The average molecular weight is 383 g/mol. The maximum Gasteiger partial charge on any atom is 0.256 e. The Balaban J connectivity index is 2.02. The monoisotopic (exact) mass is 381 g/mol. The fourth-order valence-corrected chi connectivity index (χ4v) is 3.07. The Labute approximate surface area is 138 Å². The third kappa shape index (κ3) is 2.79. The van der Waals surface area contributed by atoms with Gasteiger partial charge < -0.3 is 5.32 Å². The van der Waals surface area contributed by atoms with Gasteiger partial charge in [-0.15, -0.1) is 0 Å². The Morgan fingerprint density at radius 3 is 2.90 bits per heavy atom. The number of hydrogen-bond acceptors (Lipinski definition) is 4. The summed E-state index contributed by atoms with van der Waals surface area (Å²) in [6.45, 7) is 1.88. The number of halogens is 2. The van der Waals surface area contributed by atoms with Gasteiger partial charge in [-0.05, 0) is 36.8 Å². The largest absolute Gasteiger partial charge is 0.319 e. The zero-order chi connectivity index (χ0) is 15.0. The van der Waals surface area contributed by atoms with Crippen LogP contribution < -0.4 is 5.32 Å². The van der Waals surface area contributed by atoms with Crippen molar-refractivity contribution < 1.29 is 4.79 Å². The molecular formula is C14H9BrClN3OS. The van der Waals surface area contributed by atoms with Crippen molar-refractivity contribution in [2.24, 2.45) is 0 Å². The van der Waals surface area contributed by atoms with E-state index in [1.807, 2.05) is 19.1 Å².